The van der Waals surface area contributed by atoms with Gasteiger partial charge in [0.05, 0.1) is 12.7 Å². The summed E-state index contributed by atoms with van der Waals surface area (Å²) in [5.41, 5.74) is 1.16. The van der Waals surface area contributed by atoms with E-state index < -0.39 is 0 Å². The van der Waals surface area contributed by atoms with Crippen molar-refractivity contribution in [2.24, 2.45) is 0 Å². The van der Waals surface area contributed by atoms with E-state index in [1.807, 2.05) is 19.2 Å². The molecule has 2 unspecified atom stereocenters. The number of rotatable bonds is 5. The quantitative estimate of drug-likeness (QED) is 0.888. The Labute approximate surface area is 130 Å². The van der Waals surface area contributed by atoms with Gasteiger partial charge in [0, 0.05) is 17.1 Å². The highest BCUT2D eigenvalue weighted by Crippen LogP contribution is 2.32. The van der Waals surface area contributed by atoms with E-state index >= 15 is 0 Å². The average molecular weight is 342 g/mol. The predicted octanol–water partition coefficient (Wildman–Crippen LogP) is 3.55. The van der Waals surface area contributed by atoms with Crippen LogP contribution in [0.15, 0.2) is 22.7 Å². The van der Waals surface area contributed by atoms with Crippen molar-refractivity contribution < 1.29 is 9.47 Å². The lowest BCUT2D eigenvalue weighted by molar-refractivity contribution is -0.0871. The van der Waals surface area contributed by atoms with E-state index in [4.69, 9.17) is 9.47 Å². The second-order valence-corrected chi connectivity index (χ2v) is 6.48. The number of halogens is 1. The lowest BCUT2D eigenvalue weighted by Gasteiger charge is -2.40. The van der Waals surface area contributed by atoms with Crippen molar-refractivity contribution in [2.45, 2.75) is 44.2 Å². The Morgan fingerprint density at radius 3 is 2.85 bits per heavy atom. The van der Waals surface area contributed by atoms with Crippen LogP contribution in [0.4, 0.5) is 0 Å². The van der Waals surface area contributed by atoms with Gasteiger partial charge in [0.15, 0.2) is 0 Å². The van der Waals surface area contributed by atoms with Crippen LogP contribution in [0.2, 0.25) is 0 Å². The van der Waals surface area contributed by atoms with E-state index in [1.165, 1.54) is 18.4 Å². The maximum Gasteiger partial charge on any atom is 0.119 e. The van der Waals surface area contributed by atoms with E-state index in [0.717, 1.165) is 29.7 Å². The van der Waals surface area contributed by atoms with Crippen molar-refractivity contribution in [3.8, 4) is 5.75 Å². The molecule has 1 aromatic rings. The van der Waals surface area contributed by atoms with E-state index in [0.29, 0.717) is 6.04 Å². The molecule has 1 heterocycles. The summed E-state index contributed by atoms with van der Waals surface area (Å²) >= 11 is 3.63. The molecule has 1 saturated heterocycles. The first-order valence-corrected chi connectivity index (χ1v) is 8.02. The minimum absolute atomic E-state index is 0.0878. The average Bonchev–Trinajstić information content (AvgIpc) is 2.47. The zero-order valence-electron chi connectivity index (χ0n) is 12.5. The van der Waals surface area contributed by atoms with E-state index in [9.17, 15) is 0 Å². The third-order valence-electron chi connectivity index (χ3n) is 4.26. The number of ether oxygens (including phenoxy) is 2. The van der Waals surface area contributed by atoms with Crippen LogP contribution in [0.5, 0.6) is 5.75 Å². The molecule has 0 saturated carbocycles. The molecule has 1 fully saturated rings. The van der Waals surface area contributed by atoms with Gasteiger partial charge in [-0.3, -0.25) is 0 Å². The smallest absolute Gasteiger partial charge is 0.119 e. The number of nitrogens with one attached hydrogen (secondary N) is 1. The van der Waals surface area contributed by atoms with Crippen LogP contribution in [0.1, 0.15) is 31.7 Å². The van der Waals surface area contributed by atoms with Crippen molar-refractivity contribution in [1.29, 1.82) is 0 Å². The number of benzene rings is 1. The number of hydrogen-bond donors (Lipinski definition) is 1. The first kappa shape index (κ1) is 15.8. The Bertz CT molecular complexity index is 444. The summed E-state index contributed by atoms with van der Waals surface area (Å²) in [5, 5.41) is 3.44. The van der Waals surface area contributed by atoms with Crippen molar-refractivity contribution in [1.82, 2.24) is 5.32 Å². The van der Waals surface area contributed by atoms with Crippen LogP contribution < -0.4 is 10.1 Å². The van der Waals surface area contributed by atoms with E-state index in [-0.39, 0.29) is 5.60 Å². The summed E-state index contributed by atoms with van der Waals surface area (Å²) in [5.74, 6) is 0.896. The van der Waals surface area contributed by atoms with Gasteiger partial charge in [0.2, 0.25) is 0 Å². The molecule has 0 aromatic heterocycles. The van der Waals surface area contributed by atoms with Crippen molar-refractivity contribution in [3.05, 3.63) is 28.2 Å². The summed E-state index contributed by atoms with van der Waals surface area (Å²) in [6, 6.07) is 6.41. The molecule has 0 radical (unpaired) electrons. The second-order valence-electron chi connectivity index (χ2n) is 5.62. The van der Waals surface area contributed by atoms with Crippen molar-refractivity contribution in [2.75, 3.05) is 20.8 Å². The van der Waals surface area contributed by atoms with Gasteiger partial charge in [0.25, 0.3) is 0 Å². The van der Waals surface area contributed by atoms with Gasteiger partial charge in [-0.2, -0.15) is 0 Å². The third kappa shape index (κ3) is 3.54. The molecule has 0 amide bonds. The zero-order valence-corrected chi connectivity index (χ0v) is 14.1. The molecule has 1 aliphatic heterocycles. The van der Waals surface area contributed by atoms with Gasteiger partial charge in [-0.05, 0) is 63.4 Å². The molecule has 0 aliphatic carbocycles. The summed E-state index contributed by atoms with van der Waals surface area (Å²) in [4.78, 5) is 0. The minimum Gasteiger partial charge on any atom is -0.497 e. The lowest BCUT2D eigenvalue weighted by Crippen LogP contribution is -2.52. The van der Waals surface area contributed by atoms with Gasteiger partial charge >= 0.3 is 0 Å². The van der Waals surface area contributed by atoms with Crippen molar-refractivity contribution in [3.63, 3.8) is 0 Å². The van der Waals surface area contributed by atoms with Crippen LogP contribution in [0, 0.1) is 0 Å². The van der Waals surface area contributed by atoms with E-state index in [2.05, 4.69) is 34.2 Å². The number of methoxy groups -OCH3 is 1. The Hall–Kier alpha value is -0.580. The minimum atomic E-state index is -0.0878. The highest BCUT2D eigenvalue weighted by Gasteiger charge is 2.36. The fourth-order valence-electron chi connectivity index (χ4n) is 2.91. The normalized spacial score (nSPS) is 24.4. The second kappa shape index (κ2) is 6.92. The molecule has 2 rings (SSSR count). The van der Waals surface area contributed by atoms with Crippen LogP contribution >= 0.6 is 15.9 Å². The lowest BCUT2D eigenvalue weighted by atomic mass is 9.85. The predicted molar refractivity (Wildman–Crippen MR) is 85.5 cm³/mol. The fourth-order valence-corrected chi connectivity index (χ4v) is 3.32. The Balaban J connectivity index is 2.17. The maximum absolute atomic E-state index is 6.08. The molecule has 0 bridgehead atoms. The summed E-state index contributed by atoms with van der Waals surface area (Å²) in [7, 11) is 3.72. The fraction of sp³-hybridized carbons (Fsp3) is 0.625. The molecule has 1 N–H and O–H groups in total. The summed E-state index contributed by atoms with van der Waals surface area (Å²) in [6.45, 7) is 3.09. The molecule has 4 heteroatoms. The first-order chi connectivity index (χ1) is 9.59. The standard InChI is InChI=1S/C16H24BrNO2/c1-16(8-4-5-9-20-16)15(18-2)11-12-10-13(19-3)6-7-14(12)17/h6-7,10,15,18H,4-5,8-9,11H2,1-3H3. The number of hydrogen-bond acceptors (Lipinski definition) is 3. The topological polar surface area (TPSA) is 30.5 Å². The Morgan fingerprint density at radius 2 is 2.25 bits per heavy atom. The SMILES string of the molecule is CNC(Cc1cc(OC)ccc1Br)C1(C)CCCCO1. The van der Waals surface area contributed by atoms with Gasteiger partial charge in [-0.1, -0.05) is 15.9 Å². The molecule has 1 aromatic carbocycles. The molecule has 20 heavy (non-hydrogen) atoms. The monoisotopic (exact) mass is 341 g/mol. The van der Waals surface area contributed by atoms with Gasteiger partial charge in [-0.15, -0.1) is 0 Å². The molecule has 0 spiro atoms. The number of likely N-dealkylation sites (N-methyl/N-ethyl adjacent to an activating group) is 1. The molecule has 2 atom stereocenters. The first-order valence-electron chi connectivity index (χ1n) is 7.22. The van der Waals surface area contributed by atoms with E-state index in [1.54, 1.807) is 7.11 Å². The van der Waals surface area contributed by atoms with Crippen LogP contribution in [0.25, 0.3) is 0 Å². The highest BCUT2D eigenvalue weighted by atomic mass is 79.9. The van der Waals surface area contributed by atoms with Crippen LogP contribution in [0.3, 0.4) is 0 Å². The molecule has 112 valence electrons. The molecular formula is C16H24BrNO2. The molecule has 3 nitrogen and oxygen atoms in total. The largest absolute Gasteiger partial charge is 0.497 e. The Morgan fingerprint density at radius 1 is 1.45 bits per heavy atom. The summed E-state index contributed by atoms with van der Waals surface area (Å²) in [6.07, 6.45) is 4.45. The molecular weight excluding hydrogens is 318 g/mol. The van der Waals surface area contributed by atoms with Crippen LogP contribution in [-0.4, -0.2) is 32.4 Å². The van der Waals surface area contributed by atoms with Crippen molar-refractivity contribution >= 4 is 15.9 Å². The zero-order chi connectivity index (χ0) is 14.6. The molecule has 1 aliphatic rings. The van der Waals surface area contributed by atoms with Gasteiger partial charge < -0.3 is 14.8 Å². The van der Waals surface area contributed by atoms with Gasteiger partial charge in [-0.25, -0.2) is 0 Å². The third-order valence-corrected chi connectivity index (χ3v) is 5.04. The highest BCUT2D eigenvalue weighted by molar-refractivity contribution is 9.10. The maximum atomic E-state index is 6.08. The van der Waals surface area contributed by atoms with Crippen LogP contribution in [-0.2, 0) is 11.2 Å². The van der Waals surface area contributed by atoms with Gasteiger partial charge in [0.1, 0.15) is 5.75 Å². The Kier molecular flexibility index (Phi) is 5.47. The summed E-state index contributed by atoms with van der Waals surface area (Å²) < 4.78 is 12.5.